The van der Waals surface area contributed by atoms with Crippen molar-refractivity contribution in [3.8, 4) is 11.8 Å². The third-order valence-electron chi connectivity index (χ3n) is 2.97. The van der Waals surface area contributed by atoms with E-state index in [1.54, 1.807) is 0 Å². The van der Waals surface area contributed by atoms with Gasteiger partial charge in [0.05, 0.1) is 6.10 Å². The first kappa shape index (κ1) is 13.4. The van der Waals surface area contributed by atoms with Crippen LogP contribution in [0.1, 0.15) is 36.5 Å². The maximum atomic E-state index is 9.99. The van der Waals surface area contributed by atoms with E-state index in [0.29, 0.717) is 0 Å². The molecule has 2 aromatic rings. The third-order valence-corrected chi connectivity index (χ3v) is 2.97. The molecule has 1 atom stereocenters. The fraction of sp³-hybridized carbons (Fsp3) is 0.222. The van der Waals surface area contributed by atoms with Gasteiger partial charge in [0.1, 0.15) is 0 Å². The molecule has 19 heavy (non-hydrogen) atoms. The largest absolute Gasteiger partial charge is 0.388 e. The second-order valence-corrected chi connectivity index (χ2v) is 4.49. The molecule has 1 N–H and O–H groups in total. The van der Waals surface area contributed by atoms with Crippen LogP contribution < -0.4 is 0 Å². The van der Waals surface area contributed by atoms with Crippen molar-refractivity contribution in [2.24, 2.45) is 0 Å². The zero-order valence-electron chi connectivity index (χ0n) is 10.9. The van der Waals surface area contributed by atoms with Crippen LogP contribution in [-0.2, 0) is 0 Å². The van der Waals surface area contributed by atoms with Crippen LogP contribution in [0.25, 0.3) is 0 Å². The van der Waals surface area contributed by atoms with Crippen molar-refractivity contribution in [3.05, 3.63) is 71.8 Å². The van der Waals surface area contributed by atoms with Crippen molar-refractivity contribution in [1.82, 2.24) is 0 Å². The molecule has 0 aliphatic rings. The lowest BCUT2D eigenvalue weighted by Gasteiger charge is -2.09. The second-order valence-electron chi connectivity index (χ2n) is 4.49. The van der Waals surface area contributed by atoms with E-state index in [9.17, 15) is 5.11 Å². The van der Waals surface area contributed by atoms with E-state index in [0.717, 1.165) is 30.4 Å². The van der Waals surface area contributed by atoms with Gasteiger partial charge in [0, 0.05) is 12.0 Å². The SMILES string of the molecule is OC(CCCC#Cc1ccccc1)c1ccccc1. The summed E-state index contributed by atoms with van der Waals surface area (Å²) in [4.78, 5) is 0. The van der Waals surface area contributed by atoms with E-state index < -0.39 is 0 Å². The van der Waals surface area contributed by atoms with Gasteiger partial charge in [0.15, 0.2) is 0 Å². The van der Waals surface area contributed by atoms with E-state index in [-0.39, 0.29) is 6.10 Å². The van der Waals surface area contributed by atoms with Crippen molar-refractivity contribution in [3.63, 3.8) is 0 Å². The van der Waals surface area contributed by atoms with Crippen LogP contribution in [0.15, 0.2) is 60.7 Å². The summed E-state index contributed by atoms with van der Waals surface area (Å²) in [6, 6.07) is 19.8. The third kappa shape index (κ3) is 4.62. The second kappa shape index (κ2) is 7.41. The van der Waals surface area contributed by atoms with Gasteiger partial charge >= 0.3 is 0 Å². The van der Waals surface area contributed by atoms with Crippen LogP contribution >= 0.6 is 0 Å². The Morgan fingerprint density at radius 2 is 1.53 bits per heavy atom. The number of aliphatic hydroxyl groups excluding tert-OH is 1. The molecular weight excluding hydrogens is 232 g/mol. The van der Waals surface area contributed by atoms with Gasteiger partial charge in [-0.05, 0) is 30.5 Å². The van der Waals surface area contributed by atoms with Gasteiger partial charge in [-0.1, -0.05) is 60.4 Å². The highest BCUT2D eigenvalue weighted by Gasteiger charge is 2.04. The Bertz CT molecular complexity index is 534. The normalized spacial score (nSPS) is 11.4. The molecule has 0 amide bonds. The number of hydrogen-bond donors (Lipinski definition) is 1. The predicted octanol–water partition coefficient (Wildman–Crippen LogP) is 3.94. The first-order valence-corrected chi connectivity index (χ1v) is 6.63. The average Bonchev–Trinajstić information content (AvgIpc) is 2.49. The van der Waals surface area contributed by atoms with Crippen LogP contribution in [-0.4, -0.2) is 5.11 Å². The first-order valence-electron chi connectivity index (χ1n) is 6.63. The summed E-state index contributed by atoms with van der Waals surface area (Å²) in [6.45, 7) is 0. The zero-order chi connectivity index (χ0) is 13.3. The van der Waals surface area contributed by atoms with Crippen LogP contribution in [0.5, 0.6) is 0 Å². The number of benzene rings is 2. The molecule has 0 heterocycles. The molecule has 0 saturated carbocycles. The van der Waals surface area contributed by atoms with Crippen LogP contribution in [0.3, 0.4) is 0 Å². The van der Waals surface area contributed by atoms with Gasteiger partial charge in [0.25, 0.3) is 0 Å². The Labute approximate surface area is 114 Å². The molecule has 1 unspecified atom stereocenters. The summed E-state index contributed by atoms with van der Waals surface area (Å²) in [5, 5.41) is 9.99. The maximum Gasteiger partial charge on any atom is 0.0790 e. The highest BCUT2D eigenvalue weighted by atomic mass is 16.3. The minimum atomic E-state index is -0.375. The van der Waals surface area contributed by atoms with Crippen molar-refractivity contribution < 1.29 is 5.11 Å². The molecule has 1 nitrogen and oxygen atoms in total. The molecule has 1 heteroatoms. The Morgan fingerprint density at radius 1 is 0.895 bits per heavy atom. The monoisotopic (exact) mass is 250 g/mol. The Kier molecular flexibility index (Phi) is 5.22. The lowest BCUT2D eigenvalue weighted by atomic mass is 10.0. The molecule has 0 saturated heterocycles. The molecule has 0 aliphatic heterocycles. The summed E-state index contributed by atoms with van der Waals surface area (Å²) in [5.41, 5.74) is 2.03. The molecule has 0 fully saturated rings. The van der Waals surface area contributed by atoms with E-state index in [2.05, 4.69) is 11.8 Å². The maximum absolute atomic E-state index is 9.99. The average molecular weight is 250 g/mol. The van der Waals surface area contributed by atoms with Gasteiger partial charge < -0.3 is 5.11 Å². The van der Waals surface area contributed by atoms with Crippen LogP contribution in [0, 0.1) is 11.8 Å². The summed E-state index contributed by atoms with van der Waals surface area (Å²) in [7, 11) is 0. The summed E-state index contributed by atoms with van der Waals surface area (Å²) >= 11 is 0. The Morgan fingerprint density at radius 3 is 2.21 bits per heavy atom. The molecule has 0 aromatic heterocycles. The highest BCUT2D eigenvalue weighted by Crippen LogP contribution is 2.18. The Hall–Kier alpha value is -2.04. The first-order chi connectivity index (χ1) is 9.36. The number of rotatable bonds is 4. The molecule has 0 spiro atoms. The van der Waals surface area contributed by atoms with E-state index in [4.69, 9.17) is 0 Å². The van der Waals surface area contributed by atoms with Crippen molar-refractivity contribution in [2.75, 3.05) is 0 Å². The minimum Gasteiger partial charge on any atom is -0.388 e. The highest BCUT2D eigenvalue weighted by molar-refractivity contribution is 5.33. The fourth-order valence-corrected chi connectivity index (χ4v) is 1.91. The van der Waals surface area contributed by atoms with E-state index >= 15 is 0 Å². The molecule has 0 bridgehead atoms. The summed E-state index contributed by atoms with van der Waals surface area (Å²) < 4.78 is 0. The van der Waals surface area contributed by atoms with Crippen molar-refractivity contribution in [1.29, 1.82) is 0 Å². The van der Waals surface area contributed by atoms with Crippen molar-refractivity contribution >= 4 is 0 Å². The van der Waals surface area contributed by atoms with Gasteiger partial charge in [-0.15, -0.1) is 0 Å². The minimum absolute atomic E-state index is 0.375. The molecule has 0 aliphatic carbocycles. The number of unbranched alkanes of at least 4 members (excludes halogenated alkanes) is 1. The summed E-state index contributed by atoms with van der Waals surface area (Å²) in [5.74, 6) is 6.27. The van der Waals surface area contributed by atoms with E-state index in [1.165, 1.54) is 0 Å². The predicted molar refractivity (Wildman–Crippen MR) is 78.6 cm³/mol. The quantitative estimate of drug-likeness (QED) is 0.643. The Balaban J connectivity index is 1.74. The smallest absolute Gasteiger partial charge is 0.0790 e. The number of hydrogen-bond acceptors (Lipinski definition) is 1. The lowest BCUT2D eigenvalue weighted by molar-refractivity contribution is 0.165. The summed E-state index contributed by atoms with van der Waals surface area (Å²) in [6.07, 6.45) is 2.11. The molecule has 2 rings (SSSR count). The van der Waals surface area contributed by atoms with Crippen LogP contribution in [0.2, 0.25) is 0 Å². The van der Waals surface area contributed by atoms with Crippen LogP contribution in [0.4, 0.5) is 0 Å². The molecule has 96 valence electrons. The van der Waals surface area contributed by atoms with Gasteiger partial charge in [0.2, 0.25) is 0 Å². The molecular formula is C18H18O. The fourth-order valence-electron chi connectivity index (χ4n) is 1.91. The van der Waals surface area contributed by atoms with Gasteiger partial charge in [-0.2, -0.15) is 0 Å². The molecule has 0 radical (unpaired) electrons. The van der Waals surface area contributed by atoms with Gasteiger partial charge in [-0.3, -0.25) is 0 Å². The van der Waals surface area contributed by atoms with E-state index in [1.807, 2.05) is 60.7 Å². The lowest BCUT2D eigenvalue weighted by Crippen LogP contribution is -1.96. The molecule has 2 aromatic carbocycles. The zero-order valence-corrected chi connectivity index (χ0v) is 10.9. The standard InChI is InChI=1S/C18H18O/c19-18(17-13-7-3-8-14-17)15-9-2-6-12-16-10-4-1-5-11-16/h1,3-5,7-8,10-11,13-14,18-19H,2,9,15H2. The topological polar surface area (TPSA) is 20.2 Å². The van der Waals surface area contributed by atoms with Crippen molar-refractivity contribution in [2.45, 2.75) is 25.4 Å². The van der Waals surface area contributed by atoms with Gasteiger partial charge in [-0.25, -0.2) is 0 Å². The number of aliphatic hydroxyl groups is 1.